The van der Waals surface area contributed by atoms with E-state index in [0.717, 1.165) is 0 Å². The van der Waals surface area contributed by atoms with E-state index in [1.807, 2.05) is 0 Å². The number of nitrogens with zero attached hydrogens (tertiary/aromatic N) is 2. The molecule has 0 unspecified atom stereocenters. The smallest absolute Gasteiger partial charge is 0.267 e. The minimum atomic E-state index is -0.535. The molecule has 0 aromatic heterocycles. The lowest BCUT2D eigenvalue weighted by atomic mass is 10.1. The molecule has 0 aliphatic rings. The minimum Gasteiger partial charge on any atom is -0.267 e. The maximum Gasteiger partial charge on any atom is 0.271 e. The number of carbonyl (C=O) groups excluding carboxylic acids is 1. The molecule has 0 spiro atoms. The first-order valence-electron chi connectivity index (χ1n) is 6.43. The van der Waals surface area contributed by atoms with E-state index in [2.05, 4.69) is 10.5 Å². The molecule has 23 heavy (non-hydrogen) atoms. The Bertz CT molecular complexity index is 789. The molecule has 0 saturated heterocycles. The largest absolute Gasteiger partial charge is 0.271 e. The van der Waals surface area contributed by atoms with Gasteiger partial charge in [0.15, 0.2) is 0 Å². The zero-order valence-corrected chi connectivity index (χ0v) is 13.4. The van der Waals surface area contributed by atoms with Crippen molar-refractivity contribution >= 4 is 40.5 Å². The molecule has 1 amide bonds. The van der Waals surface area contributed by atoms with Gasteiger partial charge in [0.1, 0.15) is 0 Å². The molecule has 0 bridgehead atoms. The zero-order chi connectivity index (χ0) is 17.0. The van der Waals surface area contributed by atoms with Crippen molar-refractivity contribution in [1.82, 2.24) is 5.43 Å². The fraction of sp³-hybridized carbons (Fsp3) is 0.0667. The van der Waals surface area contributed by atoms with Crippen LogP contribution in [0.25, 0.3) is 0 Å². The molecule has 0 saturated carbocycles. The van der Waals surface area contributed by atoms with Gasteiger partial charge in [-0.2, -0.15) is 5.10 Å². The molecule has 0 aliphatic carbocycles. The molecule has 0 atom stereocenters. The number of amides is 1. The molecule has 2 aromatic carbocycles. The monoisotopic (exact) mass is 351 g/mol. The van der Waals surface area contributed by atoms with Gasteiger partial charge in [-0.1, -0.05) is 29.3 Å². The number of hydrazone groups is 1. The van der Waals surface area contributed by atoms with Crippen molar-refractivity contribution in [1.29, 1.82) is 0 Å². The van der Waals surface area contributed by atoms with Gasteiger partial charge in [-0.15, -0.1) is 0 Å². The Morgan fingerprint density at radius 3 is 2.39 bits per heavy atom. The molecule has 0 fully saturated rings. The number of benzene rings is 2. The normalized spacial score (nSPS) is 11.2. The van der Waals surface area contributed by atoms with Crippen molar-refractivity contribution in [2.24, 2.45) is 5.10 Å². The molecule has 1 N–H and O–H groups in total. The van der Waals surface area contributed by atoms with E-state index in [-0.39, 0.29) is 11.3 Å². The molecule has 0 aliphatic heterocycles. The maximum atomic E-state index is 12.0. The number of carbonyl (C=O) groups is 1. The number of non-ortho nitro benzene ring substituents is 1. The molecule has 2 rings (SSSR count). The van der Waals surface area contributed by atoms with Crippen LogP contribution >= 0.6 is 23.2 Å². The van der Waals surface area contributed by atoms with Crippen LogP contribution in [0.2, 0.25) is 10.0 Å². The summed E-state index contributed by atoms with van der Waals surface area (Å²) >= 11 is 11.9. The van der Waals surface area contributed by atoms with Crippen molar-refractivity contribution < 1.29 is 9.72 Å². The Hall–Kier alpha value is -2.44. The van der Waals surface area contributed by atoms with Gasteiger partial charge in [-0.25, -0.2) is 5.43 Å². The highest BCUT2D eigenvalue weighted by Crippen LogP contribution is 2.21. The third-order valence-electron chi connectivity index (χ3n) is 2.99. The molecule has 0 heterocycles. The number of rotatable bonds is 4. The van der Waals surface area contributed by atoms with Crippen LogP contribution in [0.5, 0.6) is 0 Å². The highest BCUT2D eigenvalue weighted by atomic mass is 35.5. The van der Waals surface area contributed by atoms with Gasteiger partial charge < -0.3 is 0 Å². The molecule has 0 radical (unpaired) electrons. The van der Waals surface area contributed by atoms with Gasteiger partial charge in [-0.05, 0) is 31.2 Å². The molecule has 2 aromatic rings. The molecule has 8 heteroatoms. The van der Waals surface area contributed by atoms with Crippen molar-refractivity contribution in [3.8, 4) is 0 Å². The van der Waals surface area contributed by atoms with Crippen molar-refractivity contribution in [3.63, 3.8) is 0 Å². The quantitative estimate of drug-likeness (QED) is 0.512. The van der Waals surface area contributed by atoms with E-state index in [4.69, 9.17) is 23.2 Å². The van der Waals surface area contributed by atoms with Crippen LogP contribution in [0.3, 0.4) is 0 Å². The van der Waals surface area contributed by atoms with Crippen LogP contribution in [-0.2, 0) is 0 Å². The van der Waals surface area contributed by atoms with Crippen LogP contribution in [0.4, 0.5) is 5.69 Å². The summed E-state index contributed by atoms with van der Waals surface area (Å²) in [4.78, 5) is 22.0. The lowest BCUT2D eigenvalue weighted by Gasteiger charge is -2.05. The summed E-state index contributed by atoms with van der Waals surface area (Å²) in [5.41, 5.74) is 3.69. The Morgan fingerprint density at radius 1 is 1.17 bits per heavy atom. The number of nitro groups is 1. The second-order valence-corrected chi connectivity index (χ2v) is 5.41. The maximum absolute atomic E-state index is 12.0. The second kappa shape index (κ2) is 7.21. The highest BCUT2D eigenvalue weighted by Gasteiger charge is 2.10. The van der Waals surface area contributed by atoms with E-state index in [9.17, 15) is 14.9 Å². The van der Waals surface area contributed by atoms with Gasteiger partial charge in [-0.3, -0.25) is 14.9 Å². The summed E-state index contributed by atoms with van der Waals surface area (Å²) in [6.45, 7) is 1.69. The third kappa shape index (κ3) is 4.28. The first-order chi connectivity index (χ1) is 10.9. The standard InChI is InChI=1S/C15H11Cl2N3O3/c1-9(13-7-4-11(16)8-14(13)17)18-19-15(21)10-2-5-12(6-3-10)20(22)23/h2-8H,1H3,(H,19,21)/b18-9+. The van der Waals surface area contributed by atoms with E-state index < -0.39 is 10.8 Å². The van der Waals surface area contributed by atoms with Gasteiger partial charge in [0.05, 0.1) is 15.7 Å². The van der Waals surface area contributed by atoms with E-state index in [0.29, 0.717) is 21.3 Å². The van der Waals surface area contributed by atoms with Gasteiger partial charge >= 0.3 is 0 Å². The fourth-order valence-electron chi connectivity index (χ4n) is 1.78. The van der Waals surface area contributed by atoms with E-state index in [1.165, 1.54) is 24.3 Å². The first kappa shape index (κ1) is 16.9. The van der Waals surface area contributed by atoms with Crippen LogP contribution in [0.1, 0.15) is 22.8 Å². The molecule has 118 valence electrons. The molecular weight excluding hydrogens is 341 g/mol. The topological polar surface area (TPSA) is 84.6 Å². The lowest BCUT2D eigenvalue weighted by Crippen LogP contribution is -2.19. The van der Waals surface area contributed by atoms with E-state index >= 15 is 0 Å². The zero-order valence-electron chi connectivity index (χ0n) is 11.9. The summed E-state index contributed by atoms with van der Waals surface area (Å²) in [6, 6.07) is 10.2. The average Bonchev–Trinajstić information content (AvgIpc) is 2.52. The highest BCUT2D eigenvalue weighted by molar-refractivity contribution is 6.37. The van der Waals surface area contributed by atoms with Crippen LogP contribution < -0.4 is 5.43 Å². The van der Waals surface area contributed by atoms with E-state index in [1.54, 1.807) is 25.1 Å². The number of nitro benzene ring substituents is 1. The molecular formula is C15H11Cl2N3O3. The summed E-state index contributed by atoms with van der Waals surface area (Å²) in [5, 5.41) is 15.5. The van der Waals surface area contributed by atoms with Crippen molar-refractivity contribution in [2.75, 3.05) is 0 Å². The summed E-state index contributed by atoms with van der Waals surface area (Å²) < 4.78 is 0. The minimum absolute atomic E-state index is 0.0887. The number of hydrogen-bond acceptors (Lipinski definition) is 4. The van der Waals surface area contributed by atoms with Gasteiger partial charge in [0.25, 0.3) is 11.6 Å². The SMILES string of the molecule is C/C(=N\NC(=O)c1ccc([N+](=O)[O-])cc1)c1ccc(Cl)cc1Cl. The summed E-state index contributed by atoms with van der Waals surface area (Å²) in [7, 11) is 0. The summed E-state index contributed by atoms with van der Waals surface area (Å²) in [6.07, 6.45) is 0. The average molecular weight is 352 g/mol. The van der Waals surface area contributed by atoms with Crippen molar-refractivity contribution in [3.05, 3.63) is 73.8 Å². The van der Waals surface area contributed by atoms with Gasteiger partial charge in [0.2, 0.25) is 0 Å². The van der Waals surface area contributed by atoms with Crippen LogP contribution in [0.15, 0.2) is 47.6 Å². The van der Waals surface area contributed by atoms with Crippen molar-refractivity contribution in [2.45, 2.75) is 6.92 Å². The number of hydrogen-bond donors (Lipinski definition) is 1. The Kier molecular flexibility index (Phi) is 5.31. The van der Waals surface area contributed by atoms with Crippen LogP contribution in [-0.4, -0.2) is 16.5 Å². The number of halogens is 2. The third-order valence-corrected chi connectivity index (χ3v) is 3.53. The summed E-state index contributed by atoms with van der Waals surface area (Å²) in [5.74, 6) is -0.482. The predicted molar refractivity (Wildman–Crippen MR) is 89.2 cm³/mol. The Labute approximate surface area is 141 Å². The first-order valence-corrected chi connectivity index (χ1v) is 7.18. The van der Waals surface area contributed by atoms with Gasteiger partial charge in [0, 0.05) is 28.3 Å². The second-order valence-electron chi connectivity index (χ2n) is 4.57. The molecule has 6 nitrogen and oxygen atoms in total. The Morgan fingerprint density at radius 2 is 1.83 bits per heavy atom. The Balaban J connectivity index is 2.12. The van der Waals surface area contributed by atoms with Crippen LogP contribution in [0, 0.1) is 10.1 Å². The lowest BCUT2D eigenvalue weighted by molar-refractivity contribution is -0.384. The fourth-order valence-corrected chi connectivity index (χ4v) is 2.32. The number of nitrogens with one attached hydrogen (secondary N) is 1. The predicted octanol–water partition coefficient (Wildman–Crippen LogP) is 4.06.